The third-order valence-electron chi connectivity index (χ3n) is 2.60. The van der Waals surface area contributed by atoms with E-state index in [0.29, 0.717) is 25.1 Å². The van der Waals surface area contributed by atoms with Crippen molar-refractivity contribution in [1.29, 1.82) is 0 Å². The average Bonchev–Trinajstić information content (AvgIpc) is 2.03. The molecule has 78 valence electrons. The number of hydrogen-bond acceptors (Lipinski definition) is 4. The Balaban J connectivity index is 2.76. The van der Waals surface area contributed by atoms with Gasteiger partial charge in [0.15, 0.2) is 9.84 Å². The monoisotopic (exact) mass is 207 g/mol. The maximum atomic E-state index is 11.4. The Labute approximate surface area is 79.4 Å². The summed E-state index contributed by atoms with van der Waals surface area (Å²) in [6.45, 7) is 0.476. The maximum absolute atomic E-state index is 11.4. The molecule has 5 heteroatoms. The molecule has 0 bridgehead atoms. The van der Waals surface area contributed by atoms with Gasteiger partial charge in [-0.15, -0.1) is 0 Å². The van der Waals surface area contributed by atoms with Crippen molar-refractivity contribution in [3.8, 4) is 0 Å². The van der Waals surface area contributed by atoms with Crippen LogP contribution in [-0.2, 0) is 14.6 Å². The van der Waals surface area contributed by atoms with Crippen molar-refractivity contribution < 1.29 is 13.2 Å². The highest BCUT2D eigenvalue weighted by Gasteiger charge is 2.38. The van der Waals surface area contributed by atoms with Crippen molar-refractivity contribution in [2.45, 2.75) is 24.9 Å². The summed E-state index contributed by atoms with van der Waals surface area (Å²) in [4.78, 5) is 0. The molecule has 1 aliphatic rings. The highest BCUT2D eigenvalue weighted by Crippen LogP contribution is 2.28. The number of sulfone groups is 1. The number of hydrogen-bond donors (Lipinski definition) is 1. The number of ether oxygens (including phenoxy) is 1. The molecule has 0 aromatic rings. The smallest absolute Gasteiger partial charge is 0.153 e. The molecule has 0 aromatic carbocycles. The Bertz CT molecular complexity index is 259. The van der Waals surface area contributed by atoms with Gasteiger partial charge in [-0.25, -0.2) is 8.42 Å². The molecule has 0 amide bonds. The van der Waals surface area contributed by atoms with E-state index in [1.54, 1.807) is 7.11 Å². The fourth-order valence-corrected chi connectivity index (χ4v) is 3.82. The van der Waals surface area contributed by atoms with E-state index < -0.39 is 15.4 Å². The third kappa shape index (κ3) is 2.65. The van der Waals surface area contributed by atoms with Gasteiger partial charge in [-0.05, 0) is 25.8 Å². The summed E-state index contributed by atoms with van der Waals surface area (Å²) in [5, 5.41) is 0. The predicted octanol–water partition coefficient (Wildman–Crippen LogP) is -0.0710. The molecule has 1 aliphatic heterocycles. The van der Waals surface area contributed by atoms with Gasteiger partial charge in [0, 0.05) is 7.11 Å². The van der Waals surface area contributed by atoms with Gasteiger partial charge in [0.1, 0.15) is 0 Å². The molecule has 1 heterocycles. The van der Waals surface area contributed by atoms with Crippen molar-refractivity contribution in [3.63, 3.8) is 0 Å². The quantitative estimate of drug-likeness (QED) is 0.703. The first kappa shape index (κ1) is 10.9. The molecular formula is C8H17NO3S. The second kappa shape index (κ2) is 3.94. The van der Waals surface area contributed by atoms with Crippen LogP contribution >= 0.6 is 0 Å². The van der Waals surface area contributed by atoms with E-state index in [2.05, 4.69) is 0 Å². The lowest BCUT2D eigenvalue weighted by Crippen LogP contribution is -2.45. The normalized spacial score (nSPS) is 33.1. The van der Waals surface area contributed by atoms with Gasteiger partial charge in [-0.2, -0.15) is 0 Å². The van der Waals surface area contributed by atoms with E-state index >= 15 is 0 Å². The standard InChI is InChI=1S/C8H17NO3S/c1-12-8(4-5-9)3-2-6-13(10,11)7-8/h2-7,9H2,1H3. The van der Waals surface area contributed by atoms with Gasteiger partial charge < -0.3 is 10.5 Å². The van der Waals surface area contributed by atoms with Crippen LogP contribution in [-0.4, -0.2) is 39.2 Å². The highest BCUT2D eigenvalue weighted by atomic mass is 32.2. The Kier molecular flexibility index (Phi) is 3.32. The van der Waals surface area contributed by atoms with Crippen LogP contribution in [0.5, 0.6) is 0 Å². The van der Waals surface area contributed by atoms with Gasteiger partial charge in [-0.1, -0.05) is 0 Å². The summed E-state index contributed by atoms with van der Waals surface area (Å²) in [5.41, 5.74) is 4.93. The first-order valence-electron chi connectivity index (χ1n) is 4.49. The summed E-state index contributed by atoms with van der Waals surface area (Å²) in [6, 6.07) is 0. The number of nitrogens with two attached hydrogens (primary N) is 1. The zero-order valence-electron chi connectivity index (χ0n) is 7.95. The van der Waals surface area contributed by atoms with Crippen LogP contribution in [0.4, 0.5) is 0 Å². The zero-order chi connectivity index (χ0) is 9.95. The van der Waals surface area contributed by atoms with E-state index in [1.165, 1.54) is 0 Å². The van der Waals surface area contributed by atoms with E-state index in [-0.39, 0.29) is 5.75 Å². The van der Waals surface area contributed by atoms with Crippen LogP contribution in [0.15, 0.2) is 0 Å². The van der Waals surface area contributed by atoms with E-state index in [0.717, 1.165) is 6.42 Å². The van der Waals surface area contributed by atoms with Crippen LogP contribution in [0.2, 0.25) is 0 Å². The molecule has 4 nitrogen and oxygen atoms in total. The number of methoxy groups -OCH3 is 1. The minimum Gasteiger partial charge on any atom is -0.377 e. The Morgan fingerprint density at radius 3 is 2.69 bits per heavy atom. The van der Waals surface area contributed by atoms with Gasteiger partial charge >= 0.3 is 0 Å². The molecule has 2 N–H and O–H groups in total. The first-order chi connectivity index (χ1) is 6.04. The van der Waals surface area contributed by atoms with Gasteiger partial charge in [0.2, 0.25) is 0 Å². The van der Waals surface area contributed by atoms with E-state index in [9.17, 15) is 8.42 Å². The molecule has 1 fully saturated rings. The minimum atomic E-state index is -2.91. The molecule has 1 saturated heterocycles. The second-order valence-corrected chi connectivity index (χ2v) is 5.81. The summed E-state index contributed by atoms with van der Waals surface area (Å²) in [6.07, 6.45) is 2.12. The Morgan fingerprint density at radius 2 is 2.23 bits per heavy atom. The van der Waals surface area contributed by atoms with E-state index in [4.69, 9.17) is 10.5 Å². The van der Waals surface area contributed by atoms with Crippen molar-refractivity contribution in [2.24, 2.45) is 5.73 Å². The van der Waals surface area contributed by atoms with Crippen LogP contribution in [0.25, 0.3) is 0 Å². The molecule has 0 aliphatic carbocycles. The lowest BCUT2D eigenvalue weighted by Gasteiger charge is -2.35. The molecule has 13 heavy (non-hydrogen) atoms. The minimum absolute atomic E-state index is 0.133. The lowest BCUT2D eigenvalue weighted by molar-refractivity contribution is -0.00638. The van der Waals surface area contributed by atoms with Crippen molar-refractivity contribution >= 4 is 9.84 Å². The SMILES string of the molecule is COC1(CCN)CCCS(=O)(=O)C1. The predicted molar refractivity (Wildman–Crippen MR) is 51.3 cm³/mol. The van der Waals surface area contributed by atoms with Gasteiger partial charge in [0.25, 0.3) is 0 Å². The largest absolute Gasteiger partial charge is 0.377 e. The summed E-state index contributed by atoms with van der Waals surface area (Å²) < 4.78 is 28.1. The topological polar surface area (TPSA) is 69.4 Å². The highest BCUT2D eigenvalue weighted by molar-refractivity contribution is 7.91. The molecule has 1 atom stereocenters. The Morgan fingerprint density at radius 1 is 1.54 bits per heavy atom. The molecule has 1 unspecified atom stereocenters. The van der Waals surface area contributed by atoms with Crippen LogP contribution in [0.3, 0.4) is 0 Å². The van der Waals surface area contributed by atoms with Crippen molar-refractivity contribution in [2.75, 3.05) is 25.2 Å². The van der Waals surface area contributed by atoms with Crippen LogP contribution < -0.4 is 5.73 Å². The number of rotatable bonds is 3. The van der Waals surface area contributed by atoms with Gasteiger partial charge in [0.05, 0.1) is 17.1 Å². The summed E-state index contributed by atoms with van der Waals surface area (Å²) >= 11 is 0. The lowest BCUT2D eigenvalue weighted by atomic mass is 9.95. The molecule has 0 spiro atoms. The van der Waals surface area contributed by atoms with E-state index in [1.807, 2.05) is 0 Å². The van der Waals surface area contributed by atoms with Crippen molar-refractivity contribution in [1.82, 2.24) is 0 Å². The summed E-state index contributed by atoms with van der Waals surface area (Å²) in [7, 11) is -1.34. The third-order valence-corrected chi connectivity index (χ3v) is 4.48. The molecule has 1 rings (SSSR count). The van der Waals surface area contributed by atoms with Crippen molar-refractivity contribution in [3.05, 3.63) is 0 Å². The average molecular weight is 207 g/mol. The molecule has 0 saturated carbocycles. The first-order valence-corrected chi connectivity index (χ1v) is 6.31. The maximum Gasteiger partial charge on any atom is 0.153 e. The molecule has 0 radical (unpaired) electrons. The van der Waals surface area contributed by atoms with Crippen LogP contribution in [0, 0.1) is 0 Å². The summed E-state index contributed by atoms with van der Waals surface area (Å²) in [5.74, 6) is 0.427. The second-order valence-electron chi connectivity index (χ2n) is 3.62. The van der Waals surface area contributed by atoms with Gasteiger partial charge in [-0.3, -0.25) is 0 Å². The molecular weight excluding hydrogens is 190 g/mol. The zero-order valence-corrected chi connectivity index (χ0v) is 8.77. The molecule has 0 aromatic heterocycles. The Hall–Kier alpha value is -0.130. The fraction of sp³-hybridized carbons (Fsp3) is 1.00. The fourth-order valence-electron chi connectivity index (χ4n) is 1.88. The van der Waals surface area contributed by atoms with Crippen LogP contribution in [0.1, 0.15) is 19.3 Å².